The Kier molecular flexibility index (Phi) is 10.1. The van der Waals surface area contributed by atoms with Crippen molar-refractivity contribution in [1.29, 1.82) is 5.41 Å². The predicted molar refractivity (Wildman–Crippen MR) is 169 cm³/mol. The van der Waals surface area contributed by atoms with Gasteiger partial charge in [-0.15, -0.1) is 0 Å². The molecule has 6 N–H and O–H groups in total. The molecule has 3 aromatic carbocycles. The highest BCUT2D eigenvalue weighted by atomic mass is 32.2. The zero-order chi connectivity index (χ0) is 30.3. The van der Waals surface area contributed by atoms with Crippen LogP contribution in [0.25, 0.3) is 11.1 Å². The summed E-state index contributed by atoms with van der Waals surface area (Å²) in [5.41, 5.74) is 8.48. The number of amides is 2. The third-order valence-electron chi connectivity index (χ3n) is 7.47. The molecule has 9 nitrogen and oxygen atoms in total. The van der Waals surface area contributed by atoms with Gasteiger partial charge < -0.3 is 16.4 Å². The standard InChI is InChI=1S/C31H37N5O4S2/c1-3-42(39,40)36-31(19-26(31)24-15-13-23(14-16-24)22-7-5-4-6-8-22)30(38)35-27(17-18-41-2)29(37)34-20-21-9-11-25(12-10-21)28(32)33/h4-16,26-27,36H,3,17-20H2,1-2H3,(H3,32,33)(H,34,37)(H,35,38)/t26?,27-,31?/m0/s1. The average Bonchev–Trinajstić information content (AvgIpc) is 3.73. The van der Waals surface area contributed by atoms with E-state index in [-0.39, 0.29) is 30.0 Å². The van der Waals surface area contributed by atoms with Gasteiger partial charge >= 0.3 is 0 Å². The molecular formula is C31H37N5O4S2. The van der Waals surface area contributed by atoms with Crippen LogP contribution in [-0.2, 0) is 26.2 Å². The summed E-state index contributed by atoms with van der Waals surface area (Å²) in [5, 5.41) is 13.3. The van der Waals surface area contributed by atoms with Crippen molar-refractivity contribution in [2.24, 2.45) is 5.73 Å². The van der Waals surface area contributed by atoms with Gasteiger partial charge in [0.25, 0.3) is 0 Å². The molecule has 222 valence electrons. The van der Waals surface area contributed by atoms with Crippen molar-refractivity contribution in [1.82, 2.24) is 15.4 Å². The van der Waals surface area contributed by atoms with E-state index in [0.717, 1.165) is 22.3 Å². The molecule has 3 aromatic rings. The molecule has 1 saturated carbocycles. The smallest absolute Gasteiger partial charge is 0.242 e. The fourth-order valence-corrected chi connectivity index (χ4v) is 6.36. The summed E-state index contributed by atoms with van der Waals surface area (Å²) in [6, 6.07) is 23.8. The number of carbonyl (C=O) groups excluding carboxylic acids is 2. The summed E-state index contributed by atoms with van der Waals surface area (Å²) in [6.07, 6.45) is 2.59. The van der Waals surface area contributed by atoms with E-state index in [0.29, 0.717) is 24.2 Å². The Morgan fingerprint density at radius 3 is 2.26 bits per heavy atom. The number of nitrogen functional groups attached to an aromatic ring is 1. The van der Waals surface area contributed by atoms with Crippen LogP contribution in [-0.4, -0.2) is 55.4 Å². The van der Waals surface area contributed by atoms with Crippen LogP contribution in [0.15, 0.2) is 78.9 Å². The van der Waals surface area contributed by atoms with Crippen molar-refractivity contribution < 1.29 is 18.0 Å². The largest absolute Gasteiger partial charge is 0.384 e. The summed E-state index contributed by atoms with van der Waals surface area (Å²) in [7, 11) is -3.72. The maximum Gasteiger partial charge on any atom is 0.242 e. The van der Waals surface area contributed by atoms with Crippen molar-refractivity contribution in [2.45, 2.75) is 43.8 Å². The summed E-state index contributed by atoms with van der Waals surface area (Å²) in [4.78, 5) is 27.0. The monoisotopic (exact) mass is 607 g/mol. The predicted octanol–water partition coefficient (Wildman–Crippen LogP) is 3.36. The Morgan fingerprint density at radius 1 is 1.02 bits per heavy atom. The first-order valence-electron chi connectivity index (χ1n) is 13.8. The molecular weight excluding hydrogens is 571 g/mol. The number of sulfonamides is 1. The number of benzene rings is 3. The van der Waals surface area contributed by atoms with Gasteiger partial charge in [0.1, 0.15) is 17.4 Å². The van der Waals surface area contributed by atoms with Crippen LogP contribution in [0, 0.1) is 5.41 Å². The number of rotatable bonds is 14. The van der Waals surface area contributed by atoms with E-state index >= 15 is 0 Å². The lowest BCUT2D eigenvalue weighted by atomic mass is 10.0. The van der Waals surface area contributed by atoms with E-state index in [4.69, 9.17) is 11.1 Å². The minimum Gasteiger partial charge on any atom is -0.384 e. The average molecular weight is 608 g/mol. The third-order valence-corrected chi connectivity index (χ3v) is 9.55. The van der Waals surface area contributed by atoms with Crippen LogP contribution in [0.5, 0.6) is 0 Å². The van der Waals surface area contributed by atoms with Crippen molar-refractivity contribution in [3.63, 3.8) is 0 Å². The molecule has 0 spiro atoms. The highest BCUT2D eigenvalue weighted by molar-refractivity contribution is 7.98. The van der Waals surface area contributed by atoms with E-state index in [1.54, 1.807) is 36.0 Å². The van der Waals surface area contributed by atoms with Gasteiger partial charge in [-0.3, -0.25) is 15.0 Å². The number of amidine groups is 1. The number of hydrogen-bond donors (Lipinski definition) is 5. The molecule has 0 radical (unpaired) electrons. The second kappa shape index (κ2) is 13.5. The van der Waals surface area contributed by atoms with Gasteiger partial charge in [-0.25, -0.2) is 8.42 Å². The molecule has 1 aliphatic rings. The number of carbonyl (C=O) groups is 2. The molecule has 42 heavy (non-hydrogen) atoms. The Balaban J connectivity index is 1.50. The first kappa shape index (κ1) is 31.3. The lowest BCUT2D eigenvalue weighted by Crippen LogP contribution is -2.56. The summed E-state index contributed by atoms with van der Waals surface area (Å²) < 4.78 is 28.1. The number of nitrogens with two attached hydrogens (primary N) is 1. The number of hydrogen-bond acceptors (Lipinski definition) is 6. The second-order valence-electron chi connectivity index (χ2n) is 10.4. The SMILES string of the molecule is CCS(=O)(=O)NC1(C(=O)N[C@@H](CCSC)C(=O)NCc2ccc(C(=N)N)cc2)CC1c1ccc(-c2ccccc2)cc1. The van der Waals surface area contributed by atoms with Crippen molar-refractivity contribution in [3.05, 3.63) is 95.6 Å². The molecule has 0 aromatic heterocycles. The quantitative estimate of drug-likeness (QED) is 0.140. The van der Waals surface area contributed by atoms with Crippen LogP contribution in [0.3, 0.4) is 0 Å². The van der Waals surface area contributed by atoms with Crippen LogP contribution in [0.1, 0.15) is 42.4 Å². The van der Waals surface area contributed by atoms with Crippen molar-refractivity contribution >= 4 is 39.4 Å². The Bertz CT molecular complexity index is 1510. The lowest BCUT2D eigenvalue weighted by Gasteiger charge is -2.24. The van der Waals surface area contributed by atoms with E-state index < -0.39 is 27.5 Å². The van der Waals surface area contributed by atoms with Gasteiger partial charge in [0.05, 0.1) is 5.75 Å². The van der Waals surface area contributed by atoms with Gasteiger partial charge in [0, 0.05) is 18.0 Å². The molecule has 11 heteroatoms. The zero-order valence-corrected chi connectivity index (χ0v) is 25.4. The topological polar surface area (TPSA) is 154 Å². The van der Waals surface area contributed by atoms with Gasteiger partial charge in [-0.1, -0.05) is 78.9 Å². The number of nitrogens with one attached hydrogen (secondary N) is 4. The van der Waals surface area contributed by atoms with E-state index in [1.807, 2.05) is 60.9 Å². The van der Waals surface area contributed by atoms with Crippen molar-refractivity contribution in [3.8, 4) is 11.1 Å². The van der Waals surface area contributed by atoms with E-state index in [2.05, 4.69) is 15.4 Å². The highest BCUT2D eigenvalue weighted by Gasteiger charge is 2.62. The van der Waals surface area contributed by atoms with Crippen molar-refractivity contribution in [2.75, 3.05) is 17.8 Å². The number of thioether (sulfide) groups is 1. The first-order valence-corrected chi connectivity index (χ1v) is 16.8. The Hall–Kier alpha value is -3.67. The second-order valence-corrected chi connectivity index (χ2v) is 13.4. The van der Waals surface area contributed by atoms with E-state index in [1.165, 1.54) is 6.92 Å². The molecule has 1 aliphatic carbocycles. The Morgan fingerprint density at radius 2 is 1.67 bits per heavy atom. The molecule has 3 atom stereocenters. The molecule has 2 unspecified atom stereocenters. The molecule has 0 aliphatic heterocycles. The molecule has 4 rings (SSSR count). The normalized spacial score (nSPS) is 18.6. The Labute approximate surface area is 251 Å². The fourth-order valence-electron chi connectivity index (χ4n) is 4.87. The minimum atomic E-state index is -3.72. The summed E-state index contributed by atoms with van der Waals surface area (Å²) in [5.74, 6) is -0.810. The van der Waals surface area contributed by atoms with Crippen LogP contribution in [0.2, 0.25) is 0 Å². The molecule has 1 fully saturated rings. The summed E-state index contributed by atoms with van der Waals surface area (Å²) >= 11 is 1.55. The van der Waals surface area contributed by atoms with E-state index in [9.17, 15) is 18.0 Å². The third kappa shape index (κ3) is 7.58. The van der Waals surface area contributed by atoms with Crippen LogP contribution >= 0.6 is 11.8 Å². The first-order chi connectivity index (χ1) is 20.1. The fraction of sp³-hybridized carbons (Fsp3) is 0.323. The maximum absolute atomic E-state index is 13.8. The maximum atomic E-state index is 13.8. The molecule has 2 amide bonds. The van der Waals surface area contributed by atoms with Gasteiger partial charge in [-0.2, -0.15) is 16.5 Å². The molecule has 0 saturated heterocycles. The minimum absolute atomic E-state index is 0.0384. The van der Waals surface area contributed by atoms with Gasteiger partial charge in [-0.05, 0) is 54.0 Å². The van der Waals surface area contributed by atoms with Gasteiger partial charge in [0.2, 0.25) is 21.8 Å². The van der Waals surface area contributed by atoms with Crippen LogP contribution < -0.4 is 21.1 Å². The zero-order valence-electron chi connectivity index (χ0n) is 23.7. The molecule has 0 heterocycles. The van der Waals surface area contributed by atoms with Gasteiger partial charge in [0.15, 0.2) is 0 Å². The summed E-state index contributed by atoms with van der Waals surface area (Å²) in [6.45, 7) is 1.75. The lowest BCUT2D eigenvalue weighted by molar-refractivity contribution is -0.130. The molecule has 0 bridgehead atoms. The van der Waals surface area contributed by atoms with Crippen LogP contribution in [0.4, 0.5) is 0 Å². The highest BCUT2D eigenvalue weighted by Crippen LogP contribution is 2.52.